The van der Waals surface area contributed by atoms with Crippen molar-refractivity contribution in [2.45, 2.75) is 32.2 Å². The normalized spacial score (nSPS) is 14.8. The highest BCUT2D eigenvalue weighted by atomic mass is 35.5. The van der Waals surface area contributed by atoms with Gasteiger partial charge in [0.15, 0.2) is 0 Å². The molecule has 0 bridgehead atoms. The molecule has 1 aliphatic rings. The number of piperidine rings is 1. The van der Waals surface area contributed by atoms with Crippen molar-refractivity contribution < 1.29 is 13.2 Å². The summed E-state index contributed by atoms with van der Waals surface area (Å²) in [4.78, 5) is 14.9. The lowest BCUT2D eigenvalue weighted by Gasteiger charge is -2.26. The summed E-state index contributed by atoms with van der Waals surface area (Å²) in [7, 11) is -3.60. The van der Waals surface area contributed by atoms with E-state index in [-0.39, 0.29) is 12.5 Å². The van der Waals surface area contributed by atoms with Crippen LogP contribution in [0.1, 0.15) is 41.6 Å². The number of halogens is 2. The fraction of sp³-hybridized carbons (Fsp3) is 0.435. The van der Waals surface area contributed by atoms with Crippen molar-refractivity contribution in [1.29, 1.82) is 0 Å². The number of nitrogens with zero attached hydrogens (tertiary/aromatic N) is 2. The SMILES string of the molecule is CS(=O)(=O)N(Cc1c(Cl)cccc1Cl)c1ccc(C(=O)NCCCN2CCCCC2)cc1. The first-order valence-corrected chi connectivity index (χ1v) is 13.4. The standard InChI is InChI=1S/C23H29Cl2N3O3S/c1-32(30,31)28(17-20-21(24)7-5-8-22(20)25)19-11-9-18(10-12-19)23(29)26-13-6-16-27-14-3-2-4-15-27/h5,7-12H,2-4,6,13-17H2,1H3,(H,26,29). The number of nitrogens with one attached hydrogen (secondary N) is 1. The van der Waals surface area contributed by atoms with Gasteiger partial charge in [0, 0.05) is 27.7 Å². The van der Waals surface area contributed by atoms with Crippen LogP contribution in [0, 0.1) is 0 Å². The Morgan fingerprint density at radius 1 is 1.03 bits per heavy atom. The highest BCUT2D eigenvalue weighted by Crippen LogP contribution is 2.29. The van der Waals surface area contributed by atoms with Crippen LogP contribution in [0.4, 0.5) is 5.69 Å². The molecule has 2 aromatic rings. The summed E-state index contributed by atoms with van der Waals surface area (Å²) in [6, 6.07) is 11.5. The molecule has 0 radical (unpaired) electrons. The van der Waals surface area contributed by atoms with Crippen LogP contribution >= 0.6 is 23.2 Å². The van der Waals surface area contributed by atoms with Crippen molar-refractivity contribution in [1.82, 2.24) is 10.2 Å². The average Bonchev–Trinajstić information content (AvgIpc) is 2.76. The van der Waals surface area contributed by atoms with E-state index in [9.17, 15) is 13.2 Å². The lowest BCUT2D eigenvalue weighted by molar-refractivity contribution is 0.0951. The molecule has 3 rings (SSSR count). The number of likely N-dealkylation sites (tertiary alicyclic amines) is 1. The van der Waals surface area contributed by atoms with Gasteiger partial charge in [-0.1, -0.05) is 35.7 Å². The predicted octanol–water partition coefficient (Wildman–Crippen LogP) is 4.57. The average molecular weight is 498 g/mol. The first kappa shape index (κ1) is 24.8. The Labute approximate surface area is 200 Å². The molecule has 0 spiro atoms. The summed E-state index contributed by atoms with van der Waals surface area (Å²) in [6.07, 6.45) is 5.86. The molecular weight excluding hydrogens is 469 g/mol. The summed E-state index contributed by atoms with van der Waals surface area (Å²) in [5.74, 6) is -0.171. The van der Waals surface area contributed by atoms with Gasteiger partial charge in [-0.2, -0.15) is 0 Å². The molecule has 1 saturated heterocycles. The Hall–Kier alpha value is -1.80. The van der Waals surface area contributed by atoms with Crippen molar-refractivity contribution in [3.05, 3.63) is 63.6 Å². The van der Waals surface area contributed by atoms with E-state index in [0.717, 1.165) is 32.3 Å². The van der Waals surface area contributed by atoms with Crippen molar-refractivity contribution in [2.75, 3.05) is 36.7 Å². The third-order valence-electron chi connectivity index (χ3n) is 5.57. The molecule has 1 fully saturated rings. The minimum Gasteiger partial charge on any atom is -0.352 e. The molecule has 0 aliphatic carbocycles. The first-order valence-electron chi connectivity index (χ1n) is 10.8. The van der Waals surface area contributed by atoms with Gasteiger partial charge in [-0.3, -0.25) is 9.10 Å². The maximum atomic E-state index is 12.5. The quantitative estimate of drug-likeness (QED) is 0.515. The van der Waals surface area contributed by atoms with Crippen LogP contribution in [-0.4, -0.2) is 51.7 Å². The third kappa shape index (κ3) is 6.85. The molecule has 174 valence electrons. The molecule has 1 aliphatic heterocycles. The summed E-state index contributed by atoms with van der Waals surface area (Å²) >= 11 is 12.5. The number of amides is 1. The van der Waals surface area contributed by atoms with E-state index in [1.54, 1.807) is 42.5 Å². The highest BCUT2D eigenvalue weighted by molar-refractivity contribution is 7.92. The van der Waals surface area contributed by atoms with Gasteiger partial charge in [0.05, 0.1) is 18.5 Å². The van der Waals surface area contributed by atoms with Crippen LogP contribution < -0.4 is 9.62 Å². The van der Waals surface area contributed by atoms with Gasteiger partial charge in [-0.15, -0.1) is 0 Å². The largest absolute Gasteiger partial charge is 0.352 e. The van der Waals surface area contributed by atoms with Crippen molar-refractivity contribution in [3.8, 4) is 0 Å². The molecule has 32 heavy (non-hydrogen) atoms. The summed E-state index contributed by atoms with van der Waals surface area (Å²) in [5, 5.41) is 3.73. The predicted molar refractivity (Wildman–Crippen MR) is 131 cm³/mol. The summed E-state index contributed by atoms with van der Waals surface area (Å²) in [6.45, 7) is 3.89. The Bertz CT molecular complexity index is 1000. The number of benzene rings is 2. The van der Waals surface area contributed by atoms with E-state index in [0.29, 0.717) is 33.4 Å². The number of hydrogen-bond acceptors (Lipinski definition) is 4. The summed E-state index contributed by atoms with van der Waals surface area (Å²) in [5.41, 5.74) is 1.44. The molecule has 9 heteroatoms. The number of carbonyl (C=O) groups is 1. The van der Waals surface area contributed by atoms with Crippen LogP contribution in [0.5, 0.6) is 0 Å². The van der Waals surface area contributed by atoms with E-state index >= 15 is 0 Å². The van der Waals surface area contributed by atoms with Crippen LogP contribution in [0.25, 0.3) is 0 Å². The van der Waals surface area contributed by atoms with E-state index in [4.69, 9.17) is 23.2 Å². The van der Waals surface area contributed by atoms with Crippen molar-refractivity contribution in [3.63, 3.8) is 0 Å². The van der Waals surface area contributed by atoms with Gasteiger partial charge < -0.3 is 10.2 Å². The minimum atomic E-state index is -3.60. The minimum absolute atomic E-state index is 0.000612. The van der Waals surface area contributed by atoms with Crippen LogP contribution in [0.15, 0.2) is 42.5 Å². The monoisotopic (exact) mass is 497 g/mol. The molecule has 6 nitrogen and oxygen atoms in total. The fourth-order valence-electron chi connectivity index (χ4n) is 3.80. The number of hydrogen-bond donors (Lipinski definition) is 1. The Morgan fingerprint density at radius 3 is 2.25 bits per heavy atom. The van der Waals surface area contributed by atoms with Crippen molar-refractivity contribution in [2.24, 2.45) is 0 Å². The van der Waals surface area contributed by atoms with Crippen molar-refractivity contribution >= 4 is 44.8 Å². The Balaban J connectivity index is 1.62. The van der Waals surface area contributed by atoms with Gasteiger partial charge in [0.25, 0.3) is 5.91 Å². The maximum absolute atomic E-state index is 12.5. The molecular formula is C23H29Cl2N3O3S. The van der Waals surface area contributed by atoms with Gasteiger partial charge >= 0.3 is 0 Å². The van der Waals surface area contributed by atoms with Crippen LogP contribution in [0.3, 0.4) is 0 Å². The number of carbonyl (C=O) groups excluding carboxylic acids is 1. The summed E-state index contributed by atoms with van der Waals surface area (Å²) < 4.78 is 26.1. The molecule has 0 unspecified atom stereocenters. The second-order valence-electron chi connectivity index (χ2n) is 8.03. The van der Waals surface area contributed by atoms with Crippen LogP contribution in [-0.2, 0) is 16.6 Å². The molecule has 1 amide bonds. The smallest absolute Gasteiger partial charge is 0.251 e. The van der Waals surface area contributed by atoms with Gasteiger partial charge in [-0.05, 0) is 75.3 Å². The van der Waals surface area contributed by atoms with E-state index < -0.39 is 10.0 Å². The lowest BCUT2D eigenvalue weighted by atomic mass is 10.1. The molecule has 0 aromatic heterocycles. The zero-order chi connectivity index (χ0) is 23.1. The number of anilines is 1. The molecule has 1 N–H and O–H groups in total. The van der Waals surface area contributed by atoms with E-state index in [2.05, 4.69) is 10.2 Å². The van der Waals surface area contributed by atoms with Gasteiger partial charge in [0.1, 0.15) is 0 Å². The second-order valence-corrected chi connectivity index (χ2v) is 10.7. The van der Waals surface area contributed by atoms with Gasteiger partial charge in [0.2, 0.25) is 10.0 Å². The fourth-order valence-corrected chi connectivity index (χ4v) is 5.18. The maximum Gasteiger partial charge on any atom is 0.251 e. The number of sulfonamides is 1. The van der Waals surface area contributed by atoms with Gasteiger partial charge in [-0.25, -0.2) is 8.42 Å². The topological polar surface area (TPSA) is 69.7 Å². The first-order chi connectivity index (χ1) is 15.3. The zero-order valence-electron chi connectivity index (χ0n) is 18.2. The Morgan fingerprint density at radius 2 is 1.66 bits per heavy atom. The molecule has 0 saturated carbocycles. The second kappa shape index (κ2) is 11.4. The highest BCUT2D eigenvalue weighted by Gasteiger charge is 2.21. The Kier molecular flexibility index (Phi) is 8.82. The van der Waals surface area contributed by atoms with E-state index in [1.807, 2.05) is 0 Å². The third-order valence-corrected chi connectivity index (χ3v) is 7.42. The zero-order valence-corrected chi connectivity index (χ0v) is 20.5. The molecule has 2 aromatic carbocycles. The van der Waals surface area contributed by atoms with E-state index in [1.165, 1.54) is 23.6 Å². The molecule has 1 heterocycles. The number of rotatable bonds is 9. The molecule has 0 atom stereocenters. The lowest BCUT2D eigenvalue weighted by Crippen LogP contribution is -2.33. The van der Waals surface area contributed by atoms with Crippen LogP contribution in [0.2, 0.25) is 10.0 Å².